The van der Waals surface area contributed by atoms with Crippen molar-refractivity contribution < 1.29 is 117 Å². The first-order valence-electron chi connectivity index (χ1n) is 47.5. The maximum atomic E-state index is 12.5. The maximum absolute atomic E-state index is 12.5. The van der Waals surface area contributed by atoms with Crippen LogP contribution in [0.4, 0.5) is 9.59 Å². The number of carbonyl (C=O) groups is 9. The lowest BCUT2D eigenvalue weighted by Crippen LogP contribution is -3.16. The Morgan fingerprint density at radius 1 is 0.274 bits per heavy atom. The molecule has 0 bridgehead atoms. The van der Waals surface area contributed by atoms with Gasteiger partial charge in [-0.05, 0) is 390 Å². The summed E-state index contributed by atoms with van der Waals surface area (Å²) in [5.41, 5.74) is -0.187. The van der Waals surface area contributed by atoms with E-state index in [2.05, 4.69) is 162 Å². The molecular formula is C105H152I6N6O18+6. The minimum absolute atomic E-state index is 0.190. The van der Waals surface area contributed by atoms with Crippen molar-refractivity contribution in [2.45, 2.75) is 273 Å². The Balaban J connectivity index is 0.000000246. The van der Waals surface area contributed by atoms with Crippen LogP contribution in [-0.2, 0) is 47.4 Å². The fraction of sp³-hybridized carbons (Fsp3) is 0.571. The number of piperidine rings is 6. The molecule has 6 saturated heterocycles. The van der Waals surface area contributed by atoms with Gasteiger partial charge in [0.05, 0.1) is 112 Å². The van der Waals surface area contributed by atoms with Gasteiger partial charge in [0.2, 0.25) is 0 Å². The summed E-state index contributed by atoms with van der Waals surface area (Å²) >= 11 is 13.2. The number of hydrogen-bond donors (Lipinski definition) is 6. The van der Waals surface area contributed by atoms with Crippen molar-refractivity contribution in [3.63, 3.8) is 0 Å². The predicted molar refractivity (Wildman–Crippen MR) is 576 cm³/mol. The summed E-state index contributed by atoms with van der Waals surface area (Å²) in [5, 5.41) is 9.31. The van der Waals surface area contributed by atoms with Crippen LogP contribution in [0.1, 0.15) is 285 Å². The Kier molecular flexibility index (Phi) is 48.5. The van der Waals surface area contributed by atoms with Crippen molar-refractivity contribution in [1.29, 1.82) is 0 Å². The number of quaternary nitrogens is 6. The van der Waals surface area contributed by atoms with Crippen LogP contribution >= 0.6 is 136 Å². The molecule has 0 saturated carbocycles. The van der Waals surface area contributed by atoms with Gasteiger partial charge >= 0.3 is 48.0 Å². The number of halogens is 6. The van der Waals surface area contributed by atoms with Gasteiger partial charge in [-0.1, -0.05) is 36.4 Å². The van der Waals surface area contributed by atoms with E-state index in [9.17, 15) is 43.2 Å². The van der Waals surface area contributed by atoms with Crippen LogP contribution in [0, 0.1) is 56.9 Å². The third-order valence-electron chi connectivity index (χ3n) is 25.2. The van der Waals surface area contributed by atoms with E-state index in [1.54, 1.807) is 18.2 Å². The van der Waals surface area contributed by atoms with Crippen LogP contribution < -0.4 is 31.1 Å². The number of benzene rings is 6. The van der Waals surface area contributed by atoms with Crippen LogP contribution in [-0.4, -0.2) is 183 Å². The molecule has 6 aromatic rings. The number of ether oxygens (including phenoxy) is 9. The fourth-order valence-corrected chi connectivity index (χ4v) is 20.0. The van der Waals surface area contributed by atoms with E-state index in [0.717, 1.165) is 161 Å². The van der Waals surface area contributed by atoms with Crippen LogP contribution in [0.2, 0.25) is 0 Å². The maximum Gasteiger partial charge on any atom is 0.514 e. The van der Waals surface area contributed by atoms with E-state index in [1.165, 1.54) is 0 Å². The number of likely N-dealkylation sites (tertiary alicyclic amines) is 2. The average molecular weight is 2550 g/mol. The SMILES string of the molecule is CC(C)(C)OC(=O)[NH+]1CCC(C(C)(C)OC(=O)c2ccc(I)cc2)CC1.CC(C)(C)OC(=O)[NH+]1CCC(C(C)(C)OC(=O)c2cccc(I)c2)CC1.CC(C)(C)OC=O.CC(C)(OC(=O)c1ccc(I)cc1)C1CC[NH2+]CC1.CC(C)(OC(=O)c1cccc(I)c1)C1CC[NH2+]CC1.CC(C)(OC(=O)c1ccccc1I)C1CC[NH2+]CC1.CC(C)(OC(=O)c1ccccc1I)C1CC[NH2+]CC1. The normalized spacial score (nSPS) is 18.4. The minimum atomic E-state index is -0.572. The van der Waals surface area contributed by atoms with E-state index in [0.29, 0.717) is 89.7 Å². The lowest BCUT2D eigenvalue weighted by Gasteiger charge is -2.37. The summed E-state index contributed by atoms with van der Waals surface area (Å²) in [7, 11) is 0. The Morgan fingerprint density at radius 2 is 0.511 bits per heavy atom. The summed E-state index contributed by atoms with van der Waals surface area (Å²) in [4.78, 5) is 110. The van der Waals surface area contributed by atoms with Gasteiger partial charge < -0.3 is 63.9 Å². The lowest BCUT2D eigenvalue weighted by atomic mass is 9.83. The largest absolute Gasteiger partial charge is 0.514 e. The molecule has 2 amide bonds. The molecule has 6 heterocycles. The predicted octanol–water partition coefficient (Wildman–Crippen LogP) is 16.7. The number of alkyl carbamates (subject to hydrolysis) is 4. The van der Waals surface area contributed by atoms with E-state index in [-0.39, 0.29) is 87.8 Å². The van der Waals surface area contributed by atoms with Gasteiger partial charge in [-0.2, -0.15) is 9.59 Å². The van der Waals surface area contributed by atoms with Crippen molar-refractivity contribution in [1.82, 2.24) is 0 Å². The van der Waals surface area contributed by atoms with E-state index in [1.807, 2.05) is 273 Å². The Bertz CT molecular complexity index is 4670. The Hall–Kier alpha value is -5.31. The van der Waals surface area contributed by atoms with Crippen LogP contribution in [0.15, 0.2) is 146 Å². The first-order valence-corrected chi connectivity index (χ1v) is 53.9. The molecule has 135 heavy (non-hydrogen) atoms. The summed E-state index contributed by atoms with van der Waals surface area (Å²) in [5.74, 6) is 0.869. The quantitative estimate of drug-likeness (QED) is 0.0190. The van der Waals surface area contributed by atoms with Gasteiger partial charge in [-0.15, -0.1) is 0 Å². The van der Waals surface area contributed by atoms with E-state index < -0.39 is 22.4 Å². The molecule has 0 atom stereocenters. The minimum Gasteiger partial charge on any atom is -0.462 e. The van der Waals surface area contributed by atoms with Crippen LogP contribution in [0.25, 0.3) is 0 Å². The highest BCUT2D eigenvalue weighted by Gasteiger charge is 2.45. The number of amides is 2. The second-order valence-electron chi connectivity index (χ2n) is 41.6. The molecule has 6 aliphatic rings. The monoisotopic (exact) mass is 2550 g/mol. The van der Waals surface area contributed by atoms with Gasteiger partial charge in [0.1, 0.15) is 50.4 Å². The number of nitrogens with two attached hydrogens (primary N) is 4. The van der Waals surface area contributed by atoms with Crippen molar-refractivity contribution >= 4 is 190 Å². The molecule has 24 nitrogen and oxygen atoms in total. The zero-order valence-electron chi connectivity index (χ0n) is 83.3. The zero-order valence-corrected chi connectivity index (χ0v) is 96.2. The molecular weight excluding hydrogens is 2390 g/mol. The molecule has 746 valence electrons. The molecule has 30 heteroatoms. The molecule has 0 aromatic heterocycles. The molecule has 0 aliphatic carbocycles. The molecule has 0 radical (unpaired) electrons. The van der Waals surface area contributed by atoms with Crippen molar-refractivity contribution in [2.24, 2.45) is 35.5 Å². The second-order valence-corrected chi connectivity index (χ2v) is 48.9. The first-order chi connectivity index (χ1) is 63.0. The standard InChI is InChI=1S/2C20H28INO4.4C15H20INO2.C5H10O2/c1-19(2,3)26-18(24)22-12-10-15(11-13-22)20(4,5)25-17(23)14-6-8-16(21)9-7-14;1-19(2,3)26-18(24)22-11-9-15(10-12-22)20(4,5)25-17(23)14-7-6-8-16(21)13-14;1-15(2,12-7-9-17-10-8-12)19-14(18)11-3-5-13(16)6-4-11;1-15(2,12-6-8-17-9-7-12)19-14(18)11-4-3-5-13(16)10-11;2*1-15(2,11-7-9-17-10-8-11)19-14(18)12-5-3-4-6-13(12)16;1-5(2,3)7-4-6/h6-9,15H,10-13H2,1-5H3;6-8,13,15H,9-12H2,1-5H3;3-6,12,17H,7-10H2,1-2H3;3-5,10,12,17H,6-9H2,1-2H3;2*3-6,11,17H,7-10H2,1-2H3;4H,1-3H3/p+6. The third kappa shape index (κ3) is 42.4. The molecule has 0 spiro atoms. The number of nitrogens with one attached hydrogen (secondary N) is 2. The van der Waals surface area contributed by atoms with Crippen molar-refractivity contribution in [3.8, 4) is 0 Å². The average Bonchev–Trinajstić information content (AvgIpc) is 0.831. The highest BCUT2D eigenvalue weighted by molar-refractivity contribution is 14.1. The highest BCUT2D eigenvalue weighted by Crippen LogP contribution is 2.36. The van der Waals surface area contributed by atoms with Crippen LogP contribution in [0.5, 0.6) is 0 Å². The molecule has 6 aliphatic heterocycles. The molecule has 6 fully saturated rings. The number of rotatable bonds is 19. The van der Waals surface area contributed by atoms with Gasteiger partial charge in [0, 0.05) is 134 Å². The molecule has 6 aromatic carbocycles. The van der Waals surface area contributed by atoms with Gasteiger partial charge in [0.25, 0.3) is 6.47 Å². The van der Waals surface area contributed by atoms with Crippen molar-refractivity contribution in [2.75, 3.05) is 78.5 Å². The smallest absolute Gasteiger partial charge is 0.462 e. The van der Waals surface area contributed by atoms with E-state index >= 15 is 0 Å². The lowest BCUT2D eigenvalue weighted by molar-refractivity contribution is -0.832. The van der Waals surface area contributed by atoms with Crippen LogP contribution in [0.3, 0.4) is 0 Å². The summed E-state index contributed by atoms with van der Waals surface area (Å²) in [6.07, 6.45) is 11.8. The molecule has 10 N–H and O–H groups in total. The van der Waals surface area contributed by atoms with Crippen molar-refractivity contribution in [3.05, 3.63) is 200 Å². The number of esters is 6. The summed E-state index contributed by atoms with van der Waals surface area (Å²) in [6, 6.07) is 45.0. The first kappa shape index (κ1) is 118. The second kappa shape index (κ2) is 55.4. The molecule has 0 unspecified atom stereocenters. The number of hydrogen-bond acceptors (Lipinski definition) is 18. The summed E-state index contributed by atoms with van der Waals surface area (Å²) < 4.78 is 56.4. The van der Waals surface area contributed by atoms with Gasteiger partial charge in [-0.25, -0.2) is 38.6 Å². The van der Waals surface area contributed by atoms with Gasteiger partial charge in [-0.3, -0.25) is 4.79 Å². The third-order valence-corrected chi connectivity index (χ3v) is 29.9. The molecule has 12 rings (SSSR count). The van der Waals surface area contributed by atoms with Gasteiger partial charge in [0.15, 0.2) is 0 Å². The Morgan fingerprint density at radius 3 is 0.733 bits per heavy atom. The highest BCUT2D eigenvalue weighted by atomic mass is 127. The zero-order chi connectivity index (χ0) is 101. The Labute approximate surface area is 885 Å². The summed E-state index contributed by atoms with van der Waals surface area (Å²) in [6.45, 7) is 53.2. The fourth-order valence-electron chi connectivity index (χ4n) is 17.0. The topological polar surface area (TPSA) is 312 Å². The van der Waals surface area contributed by atoms with E-state index in [4.69, 9.17) is 37.9 Å². The number of carbonyl (C=O) groups excluding carboxylic acids is 9.